The van der Waals surface area contributed by atoms with Crippen molar-refractivity contribution in [3.05, 3.63) is 30.3 Å². The van der Waals surface area contributed by atoms with Gasteiger partial charge in [-0.1, -0.05) is 66.0 Å². The summed E-state index contributed by atoms with van der Waals surface area (Å²) < 4.78 is 8.78. The highest BCUT2D eigenvalue weighted by Gasteiger charge is 2.49. The van der Waals surface area contributed by atoms with Crippen molar-refractivity contribution in [1.29, 1.82) is 0 Å². The maximum absolute atomic E-state index is 5.62. The van der Waals surface area contributed by atoms with Crippen LogP contribution in [-0.4, -0.2) is 6.84 Å². The van der Waals surface area contributed by atoms with E-state index in [1.165, 1.54) is 0 Å². The summed E-state index contributed by atoms with van der Waals surface area (Å²) in [6.45, 7) is 0. The number of alkyl halides is 4. The van der Waals surface area contributed by atoms with Crippen molar-refractivity contribution in [2.24, 2.45) is 0 Å². The Morgan fingerprint density at radius 2 is 1.47 bits per heavy atom. The molecule has 0 aliphatic rings. The van der Waals surface area contributed by atoms with Crippen LogP contribution in [0, 0.1) is 0 Å². The van der Waals surface area contributed by atoms with Gasteiger partial charge in [-0.2, -0.15) is 0 Å². The summed E-state index contributed by atoms with van der Waals surface area (Å²) in [6.07, 6.45) is 0. The molecule has 0 heterocycles. The van der Waals surface area contributed by atoms with Gasteiger partial charge in [-0.15, -0.1) is 0 Å². The average Bonchev–Trinajstić information content (AvgIpc) is 2.17. The monoisotopic (exact) mass is 528 g/mol. The van der Waals surface area contributed by atoms with E-state index in [1.807, 2.05) is 30.3 Å². The molecule has 0 N–H and O–H groups in total. The Hall–Kier alpha value is 1.38. The Bertz CT molecular complexity index is 313. The first-order chi connectivity index (χ1) is 6.89. The van der Waals surface area contributed by atoms with Crippen LogP contribution in [0.5, 0.6) is 5.75 Å². The molecule has 0 spiro atoms. The zero-order chi connectivity index (χ0) is 11.5. The molecule has 7 heteroatoms. The highest BCUT2D eigenvalue weighted by molar-refractivity contribution is 9.40. The van der Waals surface area contributed by atoms with Gasteiger partial charge in [0, 0.05) is 0 Å². The molecule has 0 aromatic heterocycles. The Morgan fingerprint density at radius 1 is 0.933 bits per heavy atom. The molecule has 1 aromatic rings. The number of para-hydroxylation sites is 1. The lowest BCUT2D eigenvalue weighted by Crippen LogP contribution is -2.41. The van der Waals surface area contributed by atoms with Crippen LogP contribution in [0.1, 0.15) is 0 Å². The van der Waals surface area contributed by atoms with Crippen LogP contribution in [0.3, 0.4) is 0 Å². The van der Waals surface area contributed by atoms with Crippen LogP contribution in [0.15, 0.2) is 30.3 Å². The minimum absolute atomic E-state index is 0.663. The fourth-order valence-corrected chi connectivity index (χ4v) is 2.39. The van der Waals surface area contributed by atoms with Gasteiger partial charge in [0.2, 0.25) is 2.14 Å². The van der Waals surface area contributed by atoms with Gasteiger partial charge in [0.15, 0.2) is 0 Å². The molecule has 0 aliphatic carbocycles. The van der Waals surface area contributed by atoms with E-state index in [0.29, 0.717) is 5.75 Å². The second-order valence-electron chi connectivity index (χ2n) is 2.53. The lowest BCUT2D eigenvalue weighted by molar-refractivity contribution is 0.0148. The summed E-state index contributed by atoms with van der Waals surface area (Å²) in [5, 5.41) is 0. The lowest BCUT2D eigenvalue weighted by atomic mass is 10.3. The van der Waals surface area contributed by atoms with Gasteiger partial charge < -0.3 is 4.74 Å². The fourth-order valence-electron chi connectivity index (χ4n) is 0.757. The first kappa shape index (κ1) is 14.4. The first-order valence-corrected chi connectivity index (χ1v) is 7.50. The standard InChI is InChI=1S/C8H5Br5O2/c9-7(10,11)8(12,15-13)14-6-4-2-1-3-5-6/h1-5H. The van der Waals surface area contributed by atoms with E-state index >= 15 is 0 Å². The number of hydrogen-bond donors (Lipinski definition) is 0. The van der Waals surface area contributed by atoms with E-state index in [4.69, 9.17) is 8.57 Å². The predicted octanol–water partition coefficient (Wildman–Crippen LogP) is 5.28. The van der Waals surface area contributed by atoms with Crippen molar-refractivity contribution in [3.63, 3.8) is 0 Å². The van der Waals surface area contributed by atoms with Crippen molar-refractivity contribution in [2.45, 2.75) is 6.84 Å². The molecule has 0 amide bonds. The Labute approximate surface area is 130 Å². The van der Waals surface area contributed by atoms with E-state index in [-0.39, 0.29) is 0 Å². The summed E-state index contributed by atoms with van der Waals surface area (Å²) >= 11 is 16.2. The molecule has 0 aliphatic heterocycles. The number of ether oxygens (including phenoxy) is 1. The van der Waals surface area contributed by atoms with Crippen molar-refractivity contribution >= 4 is 80.0 Å². The summed E-state index contributed by atoms with van der Waals surface area (Å²) in [5.74, 6) is 0.663. The Morgan fingerprint density at radius 3 is 1.87 bits per heavy atom. The molecule has 0 saturated carbocycles. The van der Waals surface area contributed by atoms with Gasteiger partial charge in [0.1, 0.15) is 22.0 Å². The maximum Gasteiger partial charge on any atom is 0.314 e. The molecular formula is C8H5Br5O2. The summed E-state index contributed by atoms with van der Waals surface area (Å²) in [6, 6.07) is 9.29. The Kier molecular flexibility index (Phi) is 5.60. The minimum Gasteiger partial charge on any atom is -0.449 e. The number of halogens is 5. The van der Waals surface area contributed by atoms with Crippen LogP contribution in [0.25, 0.3) is 0 Å². The third-order valence-electron chi connectivity index (χ3n) is 1.43. The van der Waals surface area contributed by atoms with Crippen LogP contribution >= 0.6 is 80.0 Å². The second kappa shape index (κ2) is 5.82. The van der Waals surface area contributed by atoms with Gasteiger partial charge in [-0.3, -0.25) is 0 Å². The van der Waals surface area contributed by atoms with E-state index in [1.54, 1.807) is 0 Å². The zero-order valence-electron chi connectivity index (χ0n) is 7.09. The predicted molar refractivity (Wildman–Crippen MR) is 78.3 cm³/mol. The third-order valence-corrected chi connectivity index (χ3v) is 6.40. The summed E-state index contributed by atoms with van der Waals surface area (Å²) in [4.78, 5) is 0. The fraction of sp³-hybridized carbons (Fsp3) is 0.250. The van der Waals surface area contributed by atoms with Gasteiger partial charge >= 0.3 is 4.70 Å². The second-order valence-corrected chi connectivity index (χ2v) is 10.7. The number of rotatable bonds is 3. The van der Waals surface area contributed by atoms with E-state index in [0.717, 1.165) is 0 Å². The van der Waals surface area contributed by atoms with Crippen LogP contribution in [0.2, 0.25) is 0 Å². The third kappa shape index (κ3) is 3.96. The molecular weight excluding hydrogens is 528 g/mol. The molecule has 0 saturated heterocycles. The number of benzene rings is 1. The smallest absolute Gasteiger partial charge is 0.314 e. The molecule has 0 bridgehead atoms. The van der Waals surface area contributed by atoms with E-state index < -0.39 is 6.84 Å². The maximum atomic E-state index is 5.62. The normalized spacial score (nSPS) is 15.8. The molecule has 0 fully saturated rings. The molecule has 1 rings (SSSR count). The molecule has 2 nitrogen and oxygen atoms in total. The van der Waals surface area contributed by atoms with Crippen molar-refractivity contribution in [1.82, 2.24) is 0 Å². The quantitative estimate of drug-likeness (QED) is 0.390. The highest BCUT2D eigenvalue weighted by atomic mass is 80.0. The molecule has 84 valence electrons. The number of hydrogen-bond acceptors (Lipinski definition) is 2. The topological polar surface area (TPSA) is 18.5 Å². The summed E-state index contributed by atoms with van der Waals surface area (Å²) in [7, 11) is 0. The van der Waals surface area contributed by atoms with Crippen molar-refractivity contribution in [2.75, 3.05) is 0 Å². The largest absolute Gasteiger partial charge is 0.449 e. The summed E-state index contributed by atoms with van der Waals surface area (Å²) in [5.41, 5.74) is 0. The first-order valence-electron chi connectivity index (χ1n) is 3.68. The van der Waals surface area contributed by atoms with Crippen molar-refractivity contribution in [3.8, 4) is 5.75 Å². The molecule has 1 aromatic carbocycles. The SMILES string of the molecule is BrOC(Br)(Oc1ccccc1)C(Br)(Br)Br. The van der Waals surface area contributed by atoms with Gasteiger partial charge in [0.25, 0.3) is 0 Å². The van der Waals surface area contributed by atoms with Gasteiger partial charge in [-0.25, -0.2) is 3.83 Å². The average molecular weight is 533 g/mol. The van der Waals surface area contributed by atoms with E-state index in [2.05, 4.69) is 80.0 Å². The molecule has 0 radical (unpaired) electrons. The van der Waals surface area contributed by atoms with Gasteiger partial charge in [0.05, 0.1) is 0 Å². The highest BCUT2D eigenvalue weighted by Crippen LogP contribution is 2.51. The minimum atomic E-state index is -1.14. The van der Waals surface area contributed by atoms with E-state index in [9.17, 15) is 0 Å². The molecule has 1 unspecified atom stereocenters. The molecule has 15 heavy (non-hydrogen) atoms. The van der Waals surface area contributed by atoms with Crippen LogP contribution in [0.4, 0.5) is 0 Å². The van der Waals surface area contributed by atoms with Crippen LogP contribution < -0.4 is 4.74 Å². The van der Waals surface area contributed by atoms with Crippen LogP contribution in [-0.2, 0) is 3.83 Å². The van der Waals surface area contributed by atoms with Gasteiger partial charge in [-0.05, 0) is 28.1 Å². The molecule has 1 atom stereocenters. The Balaban J connectivity index is 2.87. The lowest BCUT2D eigenvalue weighted by Gasteiger charge is -2.32. The zero-order valence-corrected chi connectivity index (χ0v) is 15.0. The van der Waals surface area contributed by atoms with Crippen molar-refractivity contribution < 1.29 is 8.57 Å².